The Morgan fingerprint density at radius 3 is 2.89 bits per heavy atom. The van der Waals surface area contributed by atoms with Gasteiger partial charge in [-0.15, -0.1) is 0 Å². The van der Waals surface area contributed by atoms with Crippen LogP contribution in [-0.4, -0.2) is 26.2 Å². The summed E-state index contributed by atoms with van der Waals surface area (Å²) in [5.41, 5.74) is 8.47. The van der Waals surface area contributed by atoms with Crippen molar-refractivity contribution in [2.75, 3.05) is 20.2 Å². The Labute approximate surface area is 109 Å². The Morgan fingerprint density at radius 1 is 1.50 bits per heavy atom. The Balaban J connectivity index is 2.78. The van der Waals surface area contributed by atoms with Crippen LogP contribution in [0.25, 0.3) is 0 Å². The van der Waals surface area contributed by atoms with Gasteiger partial charge in [-0.2, -0.15) is 0 Å². The molecule has 0 aliphatic heterocycles. The molecule has 0 saturated carbocycles. The number of methoxy groups -OCH3 is 1. The van der Waals surface area contributed by atoms with Crippen LogP contribution < -0.4 is 11.1 Å². The molecular formula is C14H24N2O2. The van der Waals surface area contributed by atoms with Crippen LogP contribution in [0.2, 0.25) is 0 Å². The molecule has 4 nitrogen and oxygen atoms in total. The lowest BCUT2D eigenvalue weighted by atomic mass is 9.94. The maximum atomic E-state index is 11.6. The summed E-state index contributed by atoms with van der Waals surface area (Å²) in [6.45, 7) is 3.40. The predicted molar refractivity (Wildman–Crippen MR) is 72.9 cm³/mol. The van der Waals surface area contributed by atoms with Crippen molar-refractivity contribution in [2.24, 2.45) is 5.73 Å². The van der Waals surface area contributed by atoms with Crippen LogP contribution in [-0.2, 0) is 9.53 Å². The minimum Gasteiger partial charge on any atom is -0.466 e. The maximum absolute atomic E-state index is 11.6. The molecule has 3 N–H and O–H groups in total. The third-order valence-electron chi connectivity index (χ3n) is 3.15. The summed E-state index contributed by atoms with van der Waals surface area (Å²) in [5, 5.41) is 3.42. The van der Waals surface area contributed by atoms with Gasteiger partial charge in [-0.05, 0) is 37.3 Å². The van der Waals surface area contributed by atoms with Crippen LogP contribution in [0, 0.1) is 0 Å². The summed E-state index contributed by atoms with van der Waals surface area (Å²) >= 11 is 0. The van der Waals surface area contributed by atoms with Gasteiger partial charge in [0.25, 0.3) is 0 Å². The summed E-state index contributed by atoms with van der Waals surface area (Å²) in [6, 6.07) is 0. The summed E-state index contributed by atoms with van der Waals surface area (Å²) < 4.78 is 4.76. The molecule has 18 heavy (non-hydrogen) atoms. The minimum atomic E-state index is -0.307. The molecule has 0 radical (unpaired) electrons. The molecule has 0 aromatic rings. The van der Waals surface area contributed by atoms with E-state index in [1.54, 1.807) is 0 Å². The lowest BCUT2D eigenvalue weighted by molar-refractivity contribution is -0.136. The molecule has 0 fully saturated rings. The van der Waals surface area contributed by atoms with Gasteiger partial charge >= 0.3 is 5.97 Å². The lowest BCUT2D eigenvalue weighted by Crippen LogP contribution is -2.20. The van der Waals surface area contributed by atoms with E-state index in [0.29, 0.717) is 5.57 Å². The molecule has 0 aromatic heterocycles. The van der Waals surface area contributed by atoms with E-state index < -0.39 is 0 Å². The van der Waals surface area contributed by atoms with Crippen LogP contribution in [0.3, 0.4) is 0 Å². The molecule has 0 atom stereocenters. The molecule has 0 amide bonds. The van der Waals surface area contributed by atoms with Gasteiger partial charge in [-0.1, -0.05) is 13.3 Å². The molecule has 1 aliphatic rings. The van der Waals surface area contributed by atoms with Crippen molar-refractivity contribution >= 4 is 5.97 Å². The molecule has 4 heteroatoms. The SMILES string of the molecule is CCCCNC1=C/C(=C(/CN)C(=O)OC)CCC1. The molecule has 1 aliphatic carbocycles. The number of carbonyl (C=O) groups is 1. The second kappa shape index (κ2) is 7.93. The molecule has 0 spiro atoms. The highest BCUT2D eigenvalue weighted by Crippen LogP contribution is 2.23. The van der Waals surface area contributed by atoms with E-state index in [1.165, 1.54) is 19.2 Å². The van der Waals surface area contributed by atoms with Crippen molar-refractivity contribution in [3.05, 3.63) is 22.9 Å². The number of unbranched alkanes of at least 4 members (excludes halogenated alkanes) is 1. The highest BCUT2D eigenvalue weighted by atomic mass is 16.5. The number of esters is 1. The van der Waals surface area contributed by atoms with E-state index in [0.717, 1.165) is 37.8 Å². The zero-order valence-electron chi connectivity index (χ0n) is 11.4. The van der Waals surface area contributed by atoms with E-state index in [-0.39, 0.29) is 12.5 Å². The highest BCUT2D eigenvalue weighted by Gasteiger charge is 2.16. The zero-order chi connectivity index (χ0) is 13.4. The Morgan fingerprint density at radius 2 is 2.28 bits per heavy atom. The van der Waals surface area contributed by atoms with Crippen LogP contribution in [0.4, 0.5) is 0 Å². The van der Waals surface area contributed by atoms with E-state index >= 15 is 0 Å². The smallest absolute Gasteiger partial charge is 0.335 e. The molecule has 0 aromatic carbocycles. The molecule has 0 bridgehead atoms. The monoisotopic (exact) mass is 252 g/mol. The van der Waals surface area contributed by atoms with Gasteiger partial charge in [-0.25, -0.2) is 4.79 Å². The van der Waals surface area contributed by atoms with E-state index in [2.05, 4.69) is 18.3 Å². The Hall–Kier alpha value is -1.29. The number of nitrogens with two attached hydrogens (primary N) is 1. The second-order valence-corrected chi connectivity index (χ2v) is 4.50. The Bertz CT molecular complexity index is 346. The molecule has 0 heterocycles. The normalized spacial score (nSPS) is 18.1. The summed E-state index contributed by atoms with van der Waals surface area (Å²) in [5.74, 6) is -0.307. The first kappa shape index (κ1) is 14.8. The van der Waals surface area contributed by atoms with Crippen molar-refractivity contribution in [3.63, 3.8) is 0 Å². The molecular weight excluding hydrogens is 228 g/mol. The van der Waals surface area contributed by atoms with Crippen molar-refractivity contribution < 1.29 is 9.53 Å². The van der Waals surface area contributed by atoms with Crippen molar-refractivity contribution in [1.29, 1.82) is 0 Å². The van der Waals surface area contributed by atoms with E-state index in [9.17, 15) is 4.79 Å². The summed E-state index contributed by atoms with van der Waals surface area (Å²) in [6.07, 6.45) is 7.42. The standard InChI is InChI=1S/C14H24N2O2/c1-3-4-8-16-12-7-5-6-11(9-12)13(10-15)14(17)18-2/h9,16H,3-8,10,15H2,1-2H3/b13-11-. The number of ether oxygens (including phenoxy) is 1. The zero-order valence-corrected chi connectivity index (χ0v) is 11.4. The van der Waals surface area contributed by atoms with Gasteiger partial charge in [0, 0.05) is 18.8 Å². The van der Waals surface area contributed by atoms with Crippen LogP contribution in [0.15, 0.2) is 22.9 Å². The first-order valence-electron chi connectivity index (χ1n) is 6.67. The second-order valence-electron chi connectivity index (χ2n) is 4.50. The third-order valence-corrected chi connectivity index (χ3v) is 3.15. The molecule has 0 saturated heterocycles. The van der Waals surface area contributed by atoms with Gasteiger partial charge in [0.1, 0.15) is 0 Å². The van der Waals surface area contributed by atoms with Crippen molar-refractivity contribution in [3.8, 4) is 0 Å². The van der Waals surface area contributed by atoms with Crippen LogP contribution in [0.5, 0.6) is 0 Å². The molecule has 0 unspecified atom stereocenters. The van der Waals surface area contributed by atoms with Crippen molar-refractivity contribution in [2.45, 2.75) is 39.0 Å². The fourth-order valence-corrected chi connectivity index (χ4v) is 2.10. The van der Waals surface area contributed by atoms with Crippen LogP contribution in [0.1, 0.15) is 39.0 Å². The number of carbonyl (C=O) groups excluding carboxylic acids is 1. The van der Waals surface area contributed by atoms with Gasteiger partial charge in [-0.3, -0.25) is 0 Å². The van der Waals surface area contributed by atoms with Gasteiger partial charge < -0.3 is 15.8 Å². The maximum Gasteiger partial charge on any atom is 0.335 e. The average molecular weight is 252 g/mol. The summed E-state index contributed by atoms with van der Waals surface area (Å²) in [7, 11) is 1.39. The van der Waals surface area contributed by atoms with Crippen molar-refractivity contribution in [1.82, 2.24) is 5.32 Å². The third kappa shape index (κ3) is 4.18. The Kier molecular flexibility index (Phi) is 6.50. The molecule has 1 rings (SSSR count). The number of allylic oxidation sites excluding steroid dienone is 3. The number of hydrogen-bond acceptors (Lipinski definition) is 4. The number of hydrogen-bond donors (Lipinski definition) is 2. The topological polar surface area (TPSA) is 64.3 Å². The fraction of sp³-hybridized carbons (Fsp3) is 0.643. The van der Waals surface area contributed by atoms with Gasteiger partial charge in [0.05, 0.1) is 12.7 Å². The minimum absolute atomic E-state index is 0.237. The fourth-order valence-electron chi connectivity index (χ4n) is 2.10. The van der Waals surface area contributed by atoms with Crippen LogP contribution >= 0.6 is 0 Å². The quantitative estimate of drug-likeness (QED) is 0.430. The van der Waals surface area contributed by atoms with Gasteiger partial charge in [0.15, 0.2) is 0 Å². The van der Waals surface area contributed by atoms with E-state index in [1.807, 2.05) is 0 Å². The molecule has 102 valence electrons. The van der Waals surface area contributed by atoms with Gasteiger partial charge in [0.2, 0.25) is 0 Å². The first-order chi connectivity index (χ1) is 8.72. The number of nitrogens with one attached hydrogen (secondary N) is 1. The van der Waals surface area contributed by atoms with E-state index in [4.69, 9.17) is 10.5 Å². The highest BCUT2D eigenvalue weighted by molar-refractivity contribution is 5.90. The largest absolute Gasteiger partial charge is 0.466 e. The summed E-state index contributed by atoms with van der Waals surface area (Å²) in [4.78, 5) is 11.6. The number of rotatable bonds is 6. The predicted octanol–water partition coefficient (Wildman–Crippen LogP) is 1.87. The average Bonchev–Trinajstić information content (AvgIpc) is 2.40. The lowest BCUT2D eigenvalue weighted by Gasteiger charge is -2.19. The first-order valence-corrected chi connectivity index (χ1v) is 6.67.